The first-order valence-corrected chi connectivity index (χ1v) is 17.7. The van der Waals surface area contributed by atoms with Gasteiger partial charge in [0.25, 0.3) is 0 Å². The van der Waals surface area contributed by atoms with Crippen molar-refractivity contribution in [2.75, 3.05) is 0 Å². The normalized spacial score (nSPS) is 24.9. The predicted octanol–water partition coefficient (Wildman–Crippen LogP) is 12.7. The van der Waals surface area contributed by atoms with Gasteiger partial charge in [0.15, 0.2) is 0 Å². The SMILES string of the molecule is Brc1ccc(-c2ccc(C3CC4CCC3C4)cc2)cc1.Brc1ccc(-c2ccc(I)cc2)cc1.C1=CC2CCC1C2. The van der Waals surface area contributed by atoms with Crippen LogP contribution in [-0.2, 0) is 0 Å². The van der Waals surface area contributed by atoms with Gasteiger partial charge in [-0.25, -0.2) is 0 Å². The average Bonchev–Trinajstić information content (AvgIpc) is 3.84. The lowest BCUT2D eigenvalue weighted by atomic mass is 9.83. The van der Waals surface area contributed by atoms with Crippen LogP contribution in [0.5, 0.6) is 0 Å². The number of halogens is 3. The third-order valence-electron chi connectivity index (χ3n) is 9.45. The molecule has 4 bridgehead atoms. The van der Waals surface area contributed by atoms with E-state index in [0.29, 0.717) is 0 Å². The van der Waals surface area contributed by atoms with Gasteiger partial charge in [-0.05, 0) is 155 Å². The van der Waals surface area contributed by atoms with E-state index in [1.807, 2.05) is 0 Å². The zero-order chi connectivity index (χ0) is 28.2. The van der Waals surface area contributed by atoms with Crippen LogP contribution in [0.3, 0.4) is 0 Å². The lowest BCUT2D eigenvalue weighted by Gasteiger charge is -2.22. The van der Waals surface area contributed by atoms with E-state index < -0.39 is 0 Å². The van der Waals surface area contributed by atoms with Crippen molar-refractivity contribution in [1.29, 1.82) is 0 Å². The first-order valence-electron chi connectivity index (χ1n) is 15.1. The van der Waals surface area contributed by atoms with Gasteiger partial charge in [-0.2, -0.15) is 0 Å². The van der Waals surface area contributed by atoms with Gasteiger partial charge >= 0.3 is 0 Å². The molecule has 4 aromatic carbocycles. The second-order valence-electron chi connectivity index (χ2n) is 12.1. The van der Waals surface area contributed by atoms with Crippen LogP contribution in [0.2, 0.25) is 0 Å². The molecule has 5 unspecified atom stereocenters. The van der Waals surface area contributed by atoms with Crippen LogP contribution in [0.1, 0.15) is 56.4 Å². The Labute approximate surface area is 276 Å². The van der Waals surface area contributed by atoms with E-state index in [2.05, 4.69) is 164 Å². The molecule has 210 valence electrons. The predicted molar refractivity (Wildman–Crippen MR) is 190 cm³/mol. The highest BCUT2D eigenvalue weighted by molar-refractivity contribution is 14.1. The molecule has 0 heterocycles. The lowest BCUT2D eigenvalue weighted by molar-refractivity contribution is 0.420. The number of benzene rings is 4. The molecule has 0 N–H and O–H groups in total. The fourth-order valence-corrected chi connectivity index (χ4v) is 8.11. The van der Waals surface area contributed by atoms with Gasteiger partial charge in [0, 0.05) is 12.5 Å². The number of rotatable bonds is 3. The topological polar surface area (TPSA) is 0 Å². The molecule has 4 aliphatic rings. The van der Waals surface area contributed by atoms with Crippen LogP contribution in [0, 0.1) is 27.2 Å². The summed E-state index contributed by atoms with van der Waals surface area (Å²) in [5, 5.41) is 0. The minimum absolute atomic E-state index is 0.840. The van der Waals surface area contributed by atoms with Crippen molar-refractivity contribution in [1.82, 2.24) is 0 Å². The average molecular weight is 780 g/mol. The summed E-state index contributed by atoms with van der Waals surface area (Å²) in [6.45, 7) is 0. The van der Waals surface area contributed by atoms with E-state index in [9.17, 15) is 0 Å². The van der Waals surface area contributed by atoms with Crippen LogP contribution < -0.4 is 0 Å². The van der Waals surface area contributed by atoms with Gasteiger partial charge in [-0.3, -0.25) is 0 Å². The minimum Gasteiger partial charge on any atom is -0.0851 e. The summed E-state index contributed by atoms with van der Waals surface area (Å²) in [6, 6.07) is 34.8. The van der Waals surface area contributed by atoms with E-state index in [1.54, 1.807) is 5.56 Å². The maximum absolute atomic E-state index is 3.49. The quantitative estimate of drug-likeness (QED) is 0.143. The van der Waals surface area contributed by atoms with Crippen LogP contribution in [0.4, 0.5) is 0 Å². The molecule has 41 heavy (non-hydrogen) atoms. The zero-order valence-corrected chi connectivity index (χ0v) is 28.7. The molecule has 4 aromatic rings. The molecular formula is C38H37Br2I. The summed E-state index contributed by atoms with van der Waals surface area (Å²) in [4.78, 5) is 0. The van der Waals surface area contributed by atoms with Gasteiger partial charge < -0.3 is 0 Å². The fraction of sp³-hybridized carbons (Fsp3) is 0.316. The lowest BCUT2D eigenvalue weighted by Crippen LogP contribution is -2.08. The van der Waals surface area contributed by atoms with Gasteiger partial charge in [0.1, 0.15) is 0 Å². The third kappa shape index (κ3) is 7.64. The Kier molecular flexibility index (Phi) is 9.84. The molecule has 3 fully saturated rings. The van der Waals surface area contributed by atoms with Crippen molar-refractivity contribution in [3.8, 4) is 22.3 Å². The van der Waals surface area contributed by atoms with Crippen molar-refractivity contribution in [2.24, 2.45) is 23.7 Å². The molecule has 0 nitrogen and oxygen atoms in total. The van der Waals surface area contributed by atoms with E-state index >= 15 is 0 Å². The van der Waals surface area contributed by atoms with Crippen LogP contribution >= 0.6 is 54.5 Å². The fourth-order valence-electron chi connectivity index (χ4n) is 7.22. The van der Waals surface area contributed by atoms with E-state index in [4.69, 9.17) is 0 Å². The molecule has 3 heteroatoms. The highest BCUT2D eigenvalue weighted by Gasteiger charge is 2.39. The standard InChI is InChI=1S/C19H19Br.C12H8BrI.C7H10/c20-18-9-7-15(8-10-18)14-3-5-16(6-4-14)19-12-13-1-2-17(19)11-13;13-11-5-1-9(2-6-11)10-3-7-12(14)8-4-10;1-2-7-4-3-6(1)5-7/h3-10,13,17,19H,1-2,11-12H2;1-8H;1-2,6-7H,3-5H2. The molecule has 0 spiro atoms. The van der Waals surface area contributed by atoms with Gasteiger partial charge in [-0.15, -0.1) is 0 Å². The number of hydrogen-bond acceptors (Lipinski definition) is 0. The monoisotopic (exact) mass is 778 g/mol. The highest BCUT2D eigenvalue weighted by atomic mass is 127. The van der Waals surface area contributed by atoms with Gasteiger partial charge in [-0.1, -0.05) is 111 Å². The Balaban J connectivity index is 0.000000124. The summed E-state index contributed by atoms with van der Waals surface area (Å²) >= 11 is 9.23. The highest BCUT2D eigenvalue weighted by Crippen LogP contribution is 2.52. The van der Waals surface area contributed by atoms with Gasteiger partial charge in [0.05, 0.1) is 0 Å². The second kappa shape index (κ2) is 13.7. The van der Waals surface area contributed by atoms with Crippen LogP contribution in [0.15, 0.2) is 118 Å². The second-order valence-corrected chi connectivity index (χ2v) is 15.2. The number of allylic oxidation sites excluding steroid dienone is 2. The summed E-state index contributed by atoms with van der Waals surface area (Å²) < 4.78 is 3.52. The molecule has 0 saturated heterocycles. The first kappa shape index (κ1) is 29.4. The van der Waals surface area contributed by atoms with E-state index in [0.717, 1.165) is 38.5 Å². The van der Waals surface area contributed by atoms with Crippen LogP contribution in [0.25, 0.3) is 22.3 Å². The van der Waals surface area contributed by atoms with Crippen molar-refractivity contribution < 1.29 is 0 Å². The van der Waals surface area contributed by atoms with Crippen molar-refractivity contribution in [3.05, 3.63) is 127 Å². The molecule has 8 rings (SSSR count). The smallest absolute Gasteiger partial charge is 0.0175 e. The summed E-state index contributed by atoms with van der Waals surface area (Å²) in [5.74, 6) is 4.82. The maximum atomic E-state index is 3.49. The van der Waals surface area contributed by atoms with Crippen molar-refractivity contribution in [2.45, 2.75) is 50.9 Å². The molecule has 3 saturated carbocycles. The molecule has 0 aliphatic heterocycles. The third-order valence-corrected chi connectivity index (χ3v) is 11.2. The molecular weight excluding hydrogens is 743 g/mol. The van der Waals surface area contributed by atoms with E-state index in [-0.39, 0.29) is 0 Å². The first-order chi connectivity index (χ1) is 20.0. The Morgan fingerprint density at radius 2 is 0.951 bits per heavy atom. The largest absolute Gasteiger partial charge is 0.0851 e. The molecule has 4 aliphatic carbocycles. The zero-order valence-electron chi connectivity index (χ0n) is 23.4. The number of hydrogen-bond donors (Lipinski definition) is 0. The summed E-state index contributed by atoms with van der Waals surface area (Å²) in [7, 11) is 0. The summed E-state index contributed by atoms with van der Waals surface area (Å²) in [5.41, 5.74) is 6.71. The Hall–Kier alpha value is -1.69. The van der Waals surface area contributed by atoms with Crippen LogP contribution in [-0.4, -0.2) is 0 Å². The van der Waals surface area contributed by atoms with E-state index in [1.165, 1.54) is 70.8 Å². The maximum Gasteiger partial charge on any atom is 0.0175 e. The molecule has 0 aromatic heterocycles. The van der Waals surface area contributed by atoms with Crippen molar-refractivity contribution >= 4 is 54.5 Å². The van der Waals surface area contributed by atoms with Crippen molar-refractivity contribution in [3.63, 3.8) is 0 Å². The molecule has 0 radical (unpaired) electrons. The Morgan fingerprint density at radius 1 is 0.488 bits per heavy atom. The Morgan fingerprint density at radius 3 is 1.32 bits per heavy atom. The minimum atomic E-state index is 0.840. The molecule has 5 atom stereocenters. The summed E-state index contributed by atoms with van der Waals surface area (Å²) in [6.07, 6.45) is 15.0. The molecule has 0 amide bonds. The number of fused-ring (bicyclic) bond motifs is 4. The van der Waals surface area contributed by atoms with Gasteiger partial charge in [0.2, 0.25) is 0 Å². The Bertz CT molecular complexity index is 1380.